The molecule has 0 aliphatic rings. The van der Waals surface area contributed by atoms with E-state index in [4.69, 9.17) is 14.2 Å². The van der Waals surface area contributed by atoms with Crippen LogP contribution < -0.4 is 0 Å². The van der Waals surface area contributed by atoms with Gasteiger partial charge in [0, 0.05) is 19.8 Å². The third-order valence-corrected chi connectivity index (χ3v) is 2.00. The highest BCUT2D eigenvalue weighted by Crippen LogP contribution is 2.17. The maximum absolute atomic E-state index is 11.8. The molecule has 0 aromatic rings. The monoisotopic (exact) mass is 260 g/mol. The first kappa shape index (κ1) is 16.4. The topological polar surface area (TPSA) is 78.9 Å². The highest BCUT2D eigenvalue weighted by Gasteiger charge is 2.43. The third kappa shape index (κ3) is 5.16. The summed E-state index contributed by atoms with van der Waals surface area (Å²) in [6, 6.07) is 0. The normalized spacial score (nSPS) is 10.7. The molecular weight excluding hydrogens is 240 g/mol. The molecule has 0 fully saturated rings. The molecular formula is C12H20O6. The maximum Gasteiger partial charge on any atom is 0.392 e. The Morgan fingerprint density at radius 2 is 1.39 bits per heavy atom. The molecule has 6 heteroatoms. The molecule has 0 unspecified atom stereocenters. The minimum atomic E-state index is -2.00. The average Bonchev–Trinajstić information content (AvgIpc) is 2.35. The maximum atomic E-state index is 11.8. The van der Waals surface area contributed by atoms with Crippen molar-refractivity contribution in [3.63, 3.8) is 0 Å². The fraction of sp³-hybridized carbons (Fsp3) is 0.750. The Balaban J connectivity index is 4.83. The molecule has 0 bridgehead atoms. The van der Waals surface area contributed by atoms with Gasteiger partial charge in [0.1, 0.15) is 0 Å². The lowest BCUT2D eigenvalue weighted by molar-refractivity contribution is -0.234. The molecule has 0 aromatic carbocycles. The van der Waals surface area contributed by atoms with Crippen LogP contribution in [0.2, 0.25) is 0 Å². The van der Waals surface area contributed by atoms with Gasteiger partial charge >= 0.3 is 23.7 Å². The first-order valence-corrected chi connectivity index (χ1v) is 6.00. The van der Waals surface area contributed by atoms with Gasteiger partial charge in [-0.2, -0.15) is 0 Å². The highest BCUT2D eigenvalue weighted by atomic mass is 16.8. The Morgan fingerprint density at radius 1 is 0.944 bits per heavy atom. The summed E-state index contributed by atoms with van der Waals surface area (Å²) in [4.78, 5) is 34.3. The lowest BCUT2D eigenvalue weighted by atomic mass is 10.3. The number of carbonyl (C=O) groups excluding carboxylic acids is 3. The van der Waals surface area contributed by atoms with Crippen molar-refractivity contribution in [2.24, 2.45) is 0 Å². The van der Waals surface area contributed by atoms with Crippen molar-refractivity contribution in [1.29, 1.82) is 0 Å². The van der Waals surface area contributed by atoms with E-state index in [1.54, 1.807) is 13.8 Å². The number of carbonyl (C=O) groups is 3. The molecule has 0 aliphatic carbocycles. The van der Waals surface area contributed by atoms with Crippen molar-refractivity contribution < 1.29 is 28.6 Å². The molecule has 0 rings (SSSR count). The third-order valence-electron chi connectivity index (χ3n) is 2.00. The number of hydrogen-bond acceptors (Lipinski definition) is 6. The number of esters is 3. The van der Waals surface area contributed by atoms with E-state index >= 15 is 0 Å². The van der Waals surface area contributed by atoms with E-state index in [2.05, 4.69) is 0 Å². The molecule has 0 radical (unpaired) electrons. The zero-order chi connectivity index (χ0) is 14.2. The van der Waals surface area contributed by atoms with Crippen molar-refractivity contribution >= 4 is 17.9 Å². The van der Waals surface area contributed by atoms with Gasteiger partial charge in [0.25, 0.3) is 0 Å². The summed E-state index contributed by atoms with van der Waals surface area (Å²) in [5, 5.41) is 0. The van der Waals surface area contributed by atoms with Crippen LogP contribution in [-0.2, 0) is 28.6 Å². The Labute approximate surface area is 107 Å². The van der Waals surface area contributed by atoms with Crippen molar-refractivity contribution in [3.8, 4) is 0 Å². The predicted molar refractivity (Wildman–Crippen MR) is 62.4 cm³/mol. The largest absolute Gasteiger partial charge is 0.460 e. The molecule has 104 valence electrons. The van der Waals surface area contributed by atoms with Crippen LogP contribution in [0.15, 0.2) is 0 Å². The SMILES string of the molecule is CCCOC(=O)C(C)(OC(=O)CC)OC(=O)CC. The Morgan fingerprint density at radius 3 is 1.72 bits per heavy atom. The smallest absolute Gasteiger partial charge is 0.392 e. The lowest BCUT2D eigenvalue weighted by Gasteiger charge is -2.26. The van der Waals surface area contributed by atoms with Gasteiger partial charge in [0.15, 0.2) is 0 Å². The summed E-state index contributed by atoms with van der Waals surface area (Å²) in [6.07, 6.45) is 0.756. The molecule has 0 spiro atoms. The van der Waals surface area contributed by atoms with E-state index in [1.807, 2.05) is 6.92 Å². The van der Waals surface area contributed by atoms with Crippen molar-refractivity contribution in [2.75, 3.05) is 6.61 Å². The Bertz CT molecular complexity index is 292. The number of hydrogen-bond donors (Lipinski definition) is 0. The molecule has 0 atom stereocenters. The summed E-state index contributed by atoms with van der Waals surface area (Å²) in [6.45, 7) is 6.33. The zero-order valence-electron chi connectivity index (χ0n) is 11.3. The van der Waals surface area contributed by atoms with Crippen molar-refractivity contribution in [1.82, 2.24) is 0 Å². The molecule has 0 heterocycles. The molecule has 0 aliphatic heterocycles. The molecule has 0 aromatic heterocycles. The summed E-state index contributed by atoms with van der Waals surface area (Å²) >= 11 is 0. The first-order chi connectivity index (χ1) is 8.39. The highest BCUT2D eigenvalue weighted by molar-refractivity contribution is 5.84. The van der Waals surface area contributed by atoms with Gasteiger partial charge in [-0.3, -0.25) is 9.59 Å². The second-order valence-electron chi connectivity index (χ2n) is 3.74. The van der Waals surface area contributed by atoms with Crippen molar-refractivity contribution in [2.45, 2.75) is 52.7 Å². The van der Waals surface area contributed by atoms with Crippen LogP contribution in [0.4, 0.5) is 0 Å². The second-order valence-corrected chi connectivity index (χ2v) is 3.74. The Hall–Kier alpha value is -1.59. The van der Waals surface area contributed by atoms with Gasteiger partial charge in [-0.05, 0) is 6.42 Å². The Kier molecular flexibility index (Phi) is 7.00. The number of ether oxygens (including phenoxy) is 3. The van der Waals surface area contributed by atoms with E-state index in [0.29, 0.717) is 6.42 Å². The van der Waals surface area contributed by atoms with Crippen molar-refractivity contribution in [3.05, 3.63) is 0 Å². The molecule has 0 saturated carbocycles. The summed E-state index contributed by atoms with van der Waals surface area (Å²) < 4.78 is 14.6. The van der Waals surface area contributed by atoms with Gasteiger partial charge in [-0.25, -0.2) is 4.79 Å². The van der Waals surface area contributed by atoms with Gasteiger partial charge in [0.05, 0.1) is 6.61 Å². The average molecular weight is 260 g/mol. The molecule has 0 saturated heterocycles. The molecule has 6 nitrogen and oxygen atoms in total. The predicted octanol–water partition coefficient (Wildman–Crippen LogP) is 1.56. The van der Waals surface area contributed by atoms with E-state index < -0.39 is 23.7 Å². The lowest BCUT2D eigenvalue weighted by Crippen LogP contribution is -2.45. The fourth-order valence-corrected chi connectivity index (χ4v) is 1.01. The summed E-state index contributed by atoms with van der Waals surface area (Å²) in [5.41, 5.74) is 0. The van der Waals surface area contributed by atoms with Crippen LogP contribution in [0, 0.1) is 0 Å². The molecule has 0 N–H and O–H groups in total. The van der Waals surface area contributed by atoms with Crippen LogP contribution in [0.1, 0.15) is 47.0 Å². The van der Waals surface area contributed by atoms with Gasteiger partial charge < -0.3 is 14.2 Å². The van der Waals surface area contributed by atoms with Crippen LogP contribution in [0.3, 0.4) is 0 Å². The van der Waals surface area contributed by atoms with Crippen LogP contribution in [-0.4, -0.2) is 30.3 Å². The van der Waals surface area contributed by atoms with E-state index in [9.17, 15) is 14.4 Å². The standard InChI is InChI=1S/C12H20O6/c1-5-8-16-11(15)12(4,17-9(13)6-2)18-10(14)7-3/h5-8H2,1-4H3. The van der Waals surface area contributed by atoms with Gasteiger partial charge in [-0.1, -0.05) is 20.8 Å². The number of rotatable bonds is 7. The summed E-state index contributed by atoms with van der Waals surface area (Å²) in [7, 11) is 0. The van der Waals surface area contributed by atoms with E-state index in [1.165, 1.54) is 6.92 Å². The fourth-order valence-electron chi connectivity index (χ4n) is 1.01. The summed E-state index contributed by atoms with van der Waals surface area (Å²) in [5.74, 6) is -4.17. The zero-order valence-corrected chi connectivity index (χ0v) is 11.3. The van der Waals surface area contributed by atoms with Gasteiger partial charge in [0.2, 0.25) is 0 Å². The second kappa shape index (κ2) is 7.68. The van der Waals surface area contributed by atoms with Crippen LogP contribution >= 0.6 is 0 Å². The molecule has 0 amide bonds. The minimum absolute atomic E-state index is 0.0698. The molecule has 18 heavy (non-hydrogen) atoms. The van der Waals surface area contributed by atoms with Gasteiger partial charge in [-0.15, -0.1) is 0 Å². The minimum Gasteiger partial charge on any atom is -0.460 e. The van der Waals surface area contributed by atoms with E-state index in [-0.39, 0.29) is 19.4 Å². The quantitative estimate of drug-likeness (QED) is 0.510. The first-order valence-electron chi connectivity index (χ1n) is 6.00. The van der Waals surface area contributed by atoms with Crippen LogP contribution in [0.5, 0.6) is 0 Å². The van der Waals surface area contributed by atoms with Crippen LogP contribution in [0.25, 0.3) is 0 Å². The van der Waals surface area contributed by atoms with E-state index in [0.717, 1.165) is 0 Å².